The predicted octanol–water partition coefficient (Wildman–Crippen LogP) is 2.70. The Kier molecular flexibility index (Phi) is 2.70. The maximum absolute atomic E-state index is 13.5. The van der Waals surface area contributed by atoms with E-state index < -0.39 is 5.82 Å². The van der Waals surface area contributed by atoms with Crippen molar-refractivity contribution >= 4 is 22.0 Å². The van der Waals surface area contributed by atoms with E-state index in [9.17, 15) is 4.39 Å². The van der Waals surface area contributed by atoms with Crippen LogP contribution in [0.25, 0.3) is 15.5 Å². The molecule has 2 heterocycles. The van der Waals surface area contributed by atoms with Crippen molar-refractivity contribution in [3.8, 4) is 10.6 Å². The van der Waals surface area contributed by atoms with Crippen molar-refractivity contribution < 1.29 is 4.39 Å². The van der Waals surface area contributed by atoms with Gasteiger partial charge in [0.15, 0.2) is 5.82 Å². The van der Waals surface area contributed by atoms with E-state index >= 15 is 0 Å². The van der Waals surface area contributed by atoms with E-state index in [4.69, 9.17) is 5.73 Å². The van der Waals surface area contributed by atoms with Crippen molar-refractivity contribution in [2.45, 2.75) is 19.8 Å². The van der Waals surface area contributed by atoms with E-state index in [1.807, 2.05) is 13.8 Å². The standard InChI is InChI=1S/C12H12FN5S/c1-6(2)10-15-16-12-18(10)17-11(19-12)7-3-4-9(14)8(13)5-7/h3-6H,14H2,1-2H3. The van der Waals surface area contributed by atoms with E-state index in [1.165, 1.54) is 23.5 Å². The highest BCUT2D eigenvalue weighted by atomic mass is 32.1. The average Bonchev–Trinajstić information content (AvgIpc) is 2.91. The van der Waals surface area contributed by atoms with Crippen molar-refractivity contribution in [2.24, 2.45) is 0 Å². The van der Waals surface area contributed by atoms with E-state index in [0.29, 0.717) is 15.5 Å². The molecule has 98 valence electrons. The number of halogens is 1. The molecule has 1 aromatic carbocycles. The molecule has 0 saturated carbocycles. The Hall–Kier alpha value is -2.02. The maximum atomic E-state index is 13.5. The Labute approximate surface area is 112 Å². The highest BCUT2D eigenvalue weighted by Gasteiger charge is 2.15. The molecule has 0 bridgehead atoms. The summed E-state index contributed by atoms with van der Waals surface area (Å²) in [6, 6.07) is 4.67. The number of nitrogen functional groups attached to an aromatic ring is 1. The van der Waals surface area contributed by atoms with E-state index in [-0.39, 0.29) is 11.6 Å². The second-order valence-electron chi connectivity index (χ2n) is 4.55. The van der Waals surface area contributed by atoms with Gasteiger partial charge in [0.25, 0.3) is 0 Å². The number of anilines is 1. The summed E-state index contributed by atoms with van der Waals surface area (Å²) in [6.45, 7) is 4.05. The number of aromatic nitrogens is 4. The summed E-state index contributed by atoms with van der Waals surface area (Å²) in [5.74, 6) is 0.592. The first-order valence-corrected chi connectivity index (χ1v) is 6.65. The number of rotatable bonds is 2. The zero-order valence-electron chi connectivity index (χ0n) is 10.5. The molecule has 2 N–H and O–H groups in total. The fourth-order valence-electron chi connectivity index (χ4n) is 1.77. The average molecular weight is 277 g/mol. The quantitative estimate of drug-likeness (QED) is 0.731. The minimum absolute atomic E-state index is 0.134. The summed E-state index contributed by atoms with van der Waals surface area (Å²) in [6.07, 6.45) is 0. The molecule has 0 aliphatic heterocycles. The Morgan fingerprint density at radius 2 is 2.11 bits per heavy atom. The van der Waals surface area contributed by atoms with Gasteiger partial charge in [0, 0.05) is 11.5 Å². The van der Waals surface area contributed by atoms with Crippen molar-refractivity contribution in [2.75, 3.05) is 5.73 Å². The molecular weight excluding hydrogens is 265 g/mol. The molecule has 19 heavy (non-hydrogen) atoms. The van der Waals surface area contributed by atoms with Crippen LogP contribution in [0, 0.1) is 5.82 Å². The highest BCUT2D eigenvalue weighted by molar-refractivity contribution is 7.19. The first-order chi connectivity index (χ1) is 9.06. The van der Waals surface area contributed by atoms with Gasteiger partial charge in [-0.15, -0.1) is 10.2 Å². The molecular formula is C12H12FN5S. The fourth-order valence-corrected chi connectivity index (χ4v) is 2.61. The first kappa shape index (κ1) is 12.0. The lowest BCUT2D eigenvalue weighted by molar-refractivity contribution is 0.633. The summed E-state index contributed by atoms with van der Waals surface area (Å²) >= 11 is 1.37. The van der Waals surface area contributed by atoms with Crippen LogP contribution >= 0.6 is 11.3 Å². The summed E-state index contributed by atoms with van der Waals surface area (Å²) < 4.78 is 15.2. The van der Waals surface area contributed by atoms with Gasteiger partial charge in [0.1, 0.15) is 10.8 Å². The Bertz CT molecular complexity index is 746. The van der Waals surface area contributed by atoms with E-state index in [0.717, 1.165) is 5.82 Å². The third-order valence-corrected chi connectivity index (χ3v) is 3.73. The molecule has 0 aliphatic rings. The SMILES string of the molecule is CC(C)c1nnc2sc(-c3ccc(N)c(F)c3)nn12. The third kappa shape index (κ3) is 1.95. The minimum atomic E-state index is -0.437. The molecule has 0 amide bonds. The van der Waals surface area contributed by atoms with Gasteiger partial charge in [0.2, 0.25) is 4.96 Å². The van der Waals surface area contributed by atoms with Crippen LogP contribution in [0.15, 0.2) is 18.2 Å². The predicted molar refractivity (Wildman–Crippen MR) is 72.6 cm³/mol. The number of hydrogen-bond donors (Lipinski definition) is 1. The van der Waals surface area contributed by atoms with E-state index in [1.54, 1.807) is 10.6 Å². The Balaban J connectivity index is 2.12. The van der Waals surface area contributed by atoms with E-state index in [2.05, 4.69) is 15.3 Å². The van der Waals surface area contributed by atoms with Gasteiger partial charge >= 0.3 is 0 Å². The van der Waals surface area contributed by atoms with Crippen LogP contribution < -0.4 is 5.73 Å². The summed E-state index contributed by atoms with van der Waals surface area (Å²) in [7, 11) is 0. The monoisotopic (exact) mass is 277 g/mol. The minimum Gasteiger partial charge on any atom is -0.396 e. The largest absolute Gasteiger partial charge is 0.396 e. The summed E-state index contributed by atoms with van der Waals surface area (Å²) in [5.41, 5.74) is 6.29. The molecule has 0 fully saturated rings. The lowest BCUT2D eigenvalue weighted by atomic mass is 10.2. The molecule has 3 aromatic rings. The fraction of sp³-hybridized carbons (Fsp3) is 0.250. The van der Waals surface area contributed by atoms with Gasteiger partial charge in [-0.25, -0.2) is 4.39 Å². The number of nitrogens with two attached hydrogens (primary N) is 1. The molecule has 0 spiro atoms. The van der Waals surface area contributed by atoms with Crippen LogP contribution in [-0.2, 0) is 0 Å². The van der Waals surface area contributed by atoms with Crippen molar-refractivity contribution in [1.29, 1.82) is 0 Å². The smallest absolute Gasteiger partial charge is 0.234 e. The molecule has 0 atom stereocenters. The normalized spacial score (nSPS) is 11.6. The van der Waals surface area contributed by atoms with Gasteiger partial charge in [0.05, 0.1) is 5.69 Å². The molecule has 5 nitrogen and oxygen atoms in total. The number of fused-ring (bicyclic) bond motifs is 1. The maximum Gasteiger partial charge on any atom is 0.234 e. The summed E-state index contributed by atoms with van der Waals surface area (Å²) in [5, 5.41) is 13.3. The number of benzene rings is 1. The Morgan fingerprint density at radius 3 is 2.79 bits per heavy atom. The molecule has 0 saturated heterocycles. The lowest BCUT2D eigenvalue weighted by Gasteiger charge is -2.00. The first-order valence-electron chi connectivity index (χ1n) is 5.84. The lowest BCUT2D eigenvalue weighted by Crippen LogP contribution is -1.98. The Morgan fingerprint density at radius 1 is 1.32 bits per heavy atom. The van der Waals surface area contributed by atoms with Gasteiger partial charge in [-0.05, 0) is 18.2 Å². The van der Waals surface area contributed by atoms with Crippen molar-refractivity contribution in [1.82, 2.24) is 19.8 Å². The van der Waals surface area contributed by atoms with Gasteiger partial charge in [-0.3, -0.25) is 0 Å². The molecule has 0 aliphatic carbocycles. The second-order valence-corrected chi connectivity index (χ2v) is 5.51. The van der Waals surface area contributed by atoms with Crippen LogP contribution in [0.2, 0.25) is 0 Å². The van der Waals surface area contributed by atoms with Gasteiger partial charge < -0.3 is 5.73 Å². The highest BCUT2D eigenvalue weighted by Crippen LogP contribution is 2.28. The third-order valence-electron chi connectivity index (χ3n) is 2.78. The zero-order valence-corrected chi connectivity index (χ0v) is 11.3. The van der Waals surface area contributed by atoms with Gasteiger partial charge in [-0.1, -0.05) is 25.2 Å². The zero-order chi connectivity index (χ0) is 13.6. The van der Waals surface area contributed by atoms with Crippen molar-refractivity contribution in [3.05, 3.63) is 29.8 Å². The van der Waals surface area contributed by atoms with Crippen LogP contribution in [0.3, 0.4) is 0 Å². The van der Waals surface area contributed by atoms with Crippen LogP contribution in [0.1, 0.15) is 25.6 Å². The van der Waals surface area contributed by atoms with Gasteiger partial charge in [-0.2, -0.15) is 9.61 Å². The number of hydrogen-bond acceptors (Lipinski definition) is 5. The van der Waals surface area contributed by atoms with Crippen LogP contribution in [0.5, 0.6) is 0 Å². The molecule has 0 radical (unpaired) electrons. The molecule has 7 heteroatoms. The molecule has 0 unspecified atom stereocenters. The van der Waals surface area contributed by atoms with Crippen LogP contribution in [-0.4, -0.2) is 19.8 Å². The van der Waals surface area contributed by atoms with Crippen molar-refractivity contribution in [3.63, 3.8) is 0 Å². The molecule has 3 rings (SSSR count). The second kappa shape index (κ2) is 4.27. The number of nitrogens with zero attached hydrogens (tertiary/aromatic N) is 4. The summed E-state index contributed by atoms with van der Waals surface area (Å²) in [4.78, 5) is 0.705. The molecule has 2 aromatic heterocycles. The topological polar surface area (TPSA) is 69.1 Å². The van der Waals surface area contributed by atoms with Crippen LogP contribution in [0.4, 0.5) is 10.1 Å².